The standard InChI is InChI=1S/C12H16N4OS2/c1-7(2)14-9(17)4-6-19-12-15-10(13)8-3-5-18-11(8)16-12/h3,5,7H,4,6H2,1-2H3,(H,14,17)(H2,13,15,16). The summed E-state index contributed by atoms with van der Waals surface area (Å²) in [5, 5.41) is 6.32. The third-order valence-corrected chi connectivity index (χ3v) is 4.00. The number of nitrogens with one attached hydrogen (secondary N) is 1. The number of thiophene rings is 1. The fourth-order valence-corrected chi connectivity index (χ4v) is 3.17. The fourth-order valence-electron chi connectivity index (χ4n) is 1.55. The molecule has 0 bridgehead atoms. The molecule has 3 N–H and O–H groups in total. The predicted octanol–water partition coefficient (Wildman–Crippen LogP) is 2.28. The van der Waals surface area contributed by atoms with Gasteiger partial charge in [0.1, 0.15) is 10.6 Å². The molecule has 0 saturated carbocycles. The normalized spacial score (nSPS) is 11.1. The maximum atomic E-state index is 11.5. The molecule has 102 valence electrons. The zero-order valence-corrected chi connectivity index (χ0v) is 12.5. The monoisotopic (exact) mass is 296 g/mol. The first-order valence-corrected chi connectivity index (χ1v) is 7.85. The van der Waals surface area contributed by atoms with Gasteiger partial charge in [-0.1, -0.05) is 11.8 Å². The van der Waals surface area contributed by atoms with Crippen LogP contribution in [0.15, 0.2) is 16.6 Å². The van der Waals surface area contributed by atoms with Gasteiger partial charge in [-0.3, -0.25) is 4.79 Å². The average molecular weight is 296 g/mol. The van der Waals surface area contributed by atoms with Crippen LogP contribution >= 0.6 is 23.1 Å². The molecule has 0 aliphatic rings. The van der Waals surface area contributed by atoms with E-state index in [2.05, 4.69) is 15.3 Å². The largest absolute Gasteiger partial charge is 0.383 e. The van der Waals surface area contributed by atoms with Crippen molar-refractivity contribution in [1.29, 1.82) is 0 Å². The lowest BCUT2D eigenvalue weighted by molar-refractivity contribution is -0.121. The summed E-state index contributed by atoms with van der Waals surface area (Å²) in [5.41, 5.74) is 5.86. The predicted molar refractivity (Wildman–Crippen MR) is 80.4 cm³/mol. The quantitative estimate of drug-likeness (QED) is 0.653. The number of fused-ring (bicyclic) bond motifs is 1. The Morgan fingerprint density at radius 2 is 2.32 bits per heavy atom. The van der Waals surface area contributed by atoms with Crippen LogP contribution in [0.4, 0.5) is 5.82 Å². The molecular weight excluding hydrogens is 280 g/mol. The molecule has 2 heterocycles. The molecule has 2 rings (SSSR count). The first-order valence-electron chi connectivity index (χ1n) is 5.99. The molecule has 0 unspecified atom stereocenters. The van der Waals surface area contributed by atoms with E-state index < -0.39 is 0 Å². The average Bonchev–Trinajstić information content (AvgIpc) is 2.76. The number of carbonyl (C=O) groups excluding carboxylic acids is 1. The maximum absolute atomic E-state index is 11.5. The van der Waals surface area contributed by atoms with Crippen LogP contribution in [-0.2, 0) is 4.79 Å². The molecule has 1 amide bonds. The third kappa shape index (κ3) is 3.81. The minimum atomic E-state index is 0.0488. The number of thioether (sulfide) groups is 1. The van der Waals surface area contributed by atoms with Crippen LogP contribution in [0, 0.1) is 0 Å². The van der Waals surface area contributed by atoms with Crippen LogP contribution in [0.5, 0.6) is 0 Å². The highest BCUT2D eigenvalue weighted by atomic mass is 32.2. The van der Waals surface area contributed by atoms with Gasteiger partial charge in [0.2, 0.25) is 5.91 Å². The number of nitrogen functional groups attached to an aromatic ring is 1. The Hall–Kier alpha value is -1.34. The van der Waals surface area contributed by atoms with Gasteiger partial charge in [-0.15, -0.1) is 11.3 Å². The van der Waals surface area contributed by atoms with Gasteiger partial charge in [0, 0.05) is 18.2 Å². The zero-order valence-electron chi connectivity index (χ0n) is 10.8. The highest BCUT2D eigenvalue weighted by Crippen LogP contribution is 2.26. The number of nitrogens with two attached hydrogens (primary N) is 1. The van der Waals surface area contributed by atoms with E-state index in [1.54, 1.807) is 11.3 Å². The number of hydrogen-bond acceptors (Lipinski definition) is 6. The minimum Gasteiger partial charge on any atom is -0.383 e. The molecule has 19 heavy (non-hydrogen) atoms. The number of hydrogen-bond donors (Lipinski definition) is 2. The van der Waals surface area contributed by atoms with E-state index in [-0.39, 0.29) is 11.9 Å². The first kappa shape index (κ1) is 14.1. The second kappa shape index (κ2) is 6.21. The highest BCUT2D eigenvalue weighted by Gasteiger charge is 2.08. The van der Waals surface area contributed by atoms with E-state index in [0.717, 1.165) is 10.2 Å². The van der Waals surface area contributed by atoms with Crippen molar-refractivity contribution in [1.82, 2.24) is 15.3 Å². The first-order chi connectivity index (χ1) is 9.06. The summed E-state index contributed by atoms with van der Waals surface area (Å²) in [7, 11) is 0. The Morgan fingerprint density at radius 3 is 3.05 bits per heavy atom. The van der Waals surface area contributed by atoms with Gasteiger partial charge in [0.25, 0.3) is 0 Å². The van der Waals surface area contributed by atoms with Gasteiger partial charge in [-0.2, -0.15) is 0 Å². The molecule has 0 aliphatic heterocycles. The zero-order chi connectivity index (χ0) is 13.8. The molecule has 7 heteroatoms. The number of amides is 1. The molecule has 0 radical (unpaired) electrons. The van der Waals surface area contributed by atoms with Crippen LogP contribution in [0.2, 0.25) is 0 Å². The van der Waals surface area contributed by atoms with Gasteiger partial charge in [0.05, 0.1) is 5.39 Å². The summed E-state index contributed by atoms with van der Waals surface area (Å²) in [6.45, 7) is 3.89. The highest BCUT2D eigenvalue weighted by molar-refractivity contribution is 7.99. The lowest BCUT2D eigenvalue weighted by Gasteiger charge is -2.07. The van der Waals surface area contributed by atoms with Crippen LogP contribution in [-0.4, -0.2) is 27.7 Å². The third-order valence-electron chi connectivity index (χ3n) is 2.34. The summed E-state index contributed by atoms with van der Waals surface area (Å²) < 4.78 is 0. The van der Waals surface area contributed by atoms with Gasteiger partial charge in [-0.25, -0.2) is 9.97 Å². The van der Waals surface area contributed by atoms with Crippen molar-refractivity contribution in [3.8, 4) is 0 Å². The molecular formula is C12H16N4OS2. The van der Waals surface area contributed by atoms with Crippen molar-refractivity contribution in [3.63, 3.8) is 0 Å². The van der Waals surface area contributed by atoms with E-state index in [9.17, 15) is 4.79 Å². The van der Waals surface area contributed by atoms with Crippen LogP contribution in [0.3, 0.4) is 0 Å². The SMILES string of the molecule is CC(C)NC(=O)CCSc1nc(N)c2ccsc2n1. The summed E-state index contributed by atoms with van der Waals surface area (Å²) in [4.78, 5) is 21.0. The minimum absolute atomic E-state index is 0.0488. The molecule has 0 saturated heterocycles. The Morgan fingerprint density at radius 1 is 1.53 bits per heavy atom. The fraction of sp³-hybridized carbons (Fsp3) is 0.417. The van der Waals surface area contributed by atoms with Crippen molar-refractivity contribution in [2.24, 2.45) is 0 Å². The number of rotatable bonds is 5. The molecule has 0 aromatic carbocycles. The van der Waals surface area contributed by atoms with Crippen molar-refractivity contribution in [2.75, 3.05) is 11.5 Å². The van der Waals surface area contributed by atoms with Gasteiger partial charge < -0.3 is 11.1 Å². The van der Waals surface area contributed by atoms with Crippen LogP contribution in [0.25, 0.3) is 10.2 Å². The van der Waals surface area contributed by atoms with Crippen LogP contribution in [0.1, 0.15) is 20.3 Å². The van der Waals surface area contributed by atoms with E-state index in [0.29, 0.717) is 23.1 Å². The van der Waals surface area contributed by atoms with E-state index in [4.69, 9.17) is 5.73 Å². The van der Waals surface area contributed by atoms with Crippen molar-refractivity contribution in [3.05, 3.63) is 11.4 Å². The number of anilines is 1. The second-order valence-electron chi connectivity index (χ2n) is 4.35. The summed E-state index contributed by atoms with van der Waals surface area (Å²) in [5.74, 6) is 1.20. The maximum Gasteiger partial charge on any atom is 0.221 e. The number of aromatic nitrogens is 2. The Bertz CT molecular complexity index is 582. The molecule has 0 fully saturated rings. The van der Waals surface area contributed by atoms with Crippen molar-refractivity contribution in [2.45, 2.75) is 31.5 Å². The smallest absolute Gasteiger partial charge is 0.221 e. The molecule has 5 nitrogen and oxygen atoms in total. The topological polar surface area (TPSA) is 80.9 Å². The van der Waals surface area contributed by atoms with Gasteiger partial charge in [-0.05, 0) is 25.3 Å². The van der Waals surface area contributed by atoms with Gasteiger partial charge >= 0.3 is 0 Å². The second-order valence-corrected chi connectivity index (χ2v) is 6.31. The molecule has 0 aliphatic carbocycles. The summed E-state index contributed by atoms with van der Waals surface area (Å²) >= 11 is 2.99. The van der Waals surface area contributed by atoms with E-state index in [1.165, 1.54) is 11.8 Å². The molecule has 2 aromatic heterocycles. The molecule has 2 aromatic rings. The molecule has 0 spiro atoms. The summed E-state index contributed by atoms with van der Waals surface area (Å²) in [6, 6.07) is 2.09. The van der Waals surface area contributed by atoms with E-state index >= 15 is 0 Å². The van der Waals surface area contributed by atoms with Gasteiger partial charge in [0.15, 0.2) is 5.16 Å². The number of nitrogens with zero attached hydrogens (tertiary/aromatic N) is 2. The Balaban J connectivity index is 1.93. The Kier molecular flexibility index (Phi) is 4.60. The lowest BCUT2D eigenvalue weighted by Crippen LogP contribution is -2.30. The van der Waals surface area contributed by atoms with Crippen molar-refractivity contribution >= 4 is 45.0 Å². The molecule has 0 atom stereocenters. The number of carbonyl (C=O) groups is 1. The summed E-state index contributed by atoms with van der Waals surface area (Å²) in [6.07, 6.45) is 0.453. The van der Waals surface area contributed by atoms with Crippen molar-refractivity contribution < 1.29 is 4.79 Å². The van der Waals surface area contributed by atoms with Crippen LogP contribution < -0.4 is 11.1 Å². The Labute approximate surface area is 120 Å². The van der Waals surface area contributed by atoms with E-state index in [1.807, 2.05) is 25.3 Å². The lowest BCUT2D eigenvalue weighted by atomic mass is 10.3.